The van der Waals surface area contributed by atoms with E-state index in [-0.39, 0.29) is 5.75 Å². The van der Waals surface area contributed by atoms with Gasteiger partial charge in [-0.25, -0.2) is 0 Å². The molecule has 0 unspecified atom stereocenters. The Labute approximate surface area is 89.6 Å². The van der Waals surface area contributed by atoms with Crippen LogP contribution >= 0.6 is 0 Å². The predicted octanol–water partition coefficient (Wildman–Crippen LogP) is -0.962. The zero-order chi connectivity index (χ0) is 11.3. The van der Waals surface area contributed by atoms with Gasteiger partial charge in [-0.3, -0.25) is 14.2 Å². The van der Waals surface area contributed by atoms with Gasteiger partial charge < -0.3 is 4.90 Å². The monoisotopic (exact) mass is 236 g/mol. The van der Waals surface area contributed by atoms with Crippen LogP contribution in [-0.2, 0) is 14.9 Å². The first kappa shape index (κ1) is 12.4. The Bertz CT molecular complexity index is 296. The summed E-state index contributed by atoms with van der Waals surface area (Å²) in [6.45, 7) is 3.56. The number of rotatable bonds is 5. The zero-order valence-electron chi connectivity index (χ0n) is 8.50. The molecule has 1 heterocycles. The van der Waals surface area contributed by atoms with E-state index in [1.54, 1.807) is 4.90 Å². The number of carbonyl (C=O) groups is 1. The summed E-state index contributed by atoms with van der Waals surface area (Å²) in [4.78, 5) is 14.2. The molecule has 1 rings (SSSR count). The zero-order valence-corrected chi connectivity index (χ0v) is 9.32. The van der Waals surface area contributed by atoms with Gasteiger partial charge in [0.2, 0.25) is 6.41 Å². The molecule has 1 N–H and O–H groups in total. The van der Waals surface area contributed by atoms with Gasteiger partial charge in [0.1, 0.15) is 0 Å². The molecule has 1 saturated heterocycles. The van der Waals surface area contributed by atoms with E-state index >= 15 is 0 Å². The van der Waals surface area contributed by atoms with Crippen molar-refractivity contribution in [1.82, 2.24) is 9.80 Å². The Balaban J connectivity index is 2.16. The van der Waals surface area contributed by atoms with Crippen LogP contribution in [0.5, 0.6) is 0 Å². The first-order valence-electron chi connectivity index (χ1n) is 4.88. The third kappa shape index (κ3) is 5.10. The van der Waals surface area contributed by atoms with E-state index in [4.69, 9.17) is 4.55 Å². The Morgan fingerprint density at radius 3 is 2.27 bits per heavy atom. The second kappa shape index (κ2) is 5.43. The molecule has 88 valence electrons. The summed E-state index contributed by atoms with van der Waals surface area (Å²) >= 11 is 0. The Kier molecular flexibility index (Phi) is 4.49. The molecule has 0 spiro atoms. The number of carbonyl (C=O) groups excluding carboxylic acids is 1. The van der Waals surface area contributed by atoms with Crippen LogP contribution in [0, 0.1) is 0 Å². The molecule has 0 aromatic rings. The first-order chi connectivity index (χ1) is 7.01. The van der Waals surface area contributed by atoms with Crippen molar-refractivity contribution in [3.63, 3.8) is 0 Å². The Hall–Kier alpha value is -0.660. The molecule has 0 bridgehead atoms. The molecule has 7 heteroatoms. The lowest BCUT2D eigenvalue weighted by Crippen LogP contribution is -2.46. The van der Waals surface area contributed by atoms with E-state index in [1.165, 1.54) is 0 Å². The summed E-state index contributed by atoms with van der Waals surface area (Å²) in [6.07, 6.45) is 1.26. The molecule has 1 aliphatic rings. The Morgan fingerprint density at radius 1 is 1.20 bits per heavy atom. The molecule has 0 atom stereocenters. The van der Waals surface area contributed by atoms with Gasteiger partial charge in [0.15, 0.2) is 0 Å². The average Bonchev–Trinajstić information content (AvgIpc) is 2.17. The summed E-state index contributed by atoms with van der Waals surface area (Å²) in [7, 11) is -3.83. The van der Waals surface area contributed by atoms with Gasteiger partial charge in [0, 0.05) is 26.2 Å². The van der Waals surface area contributed by atoms with Crippen molar-refractivity contribution in [1.29, 1.82) is 0 Å². The second-order valence-corrected chi connectivity index (χ2v) is 5.19. The van der Waals surface area contributed by atoms with Crippen molar-refractivity contribution in [2.24, 2.45) is 0 Å². The van der Waals surface area contributed by atoms with E-state index in [0.29, 0.717) is 26.1 Å². The SMILES string of the molecule is O=CN1CCN(CCCS(=O)(=O)O)CC1. The molecular formula is C8H16N2O4S. The lowest BCUT2D eigenvalue weighted by Gasteiger charge is -2.32. The van der Waals surface area contributed by atoms with E-state index in [0.717, 1.165) is 19.5 Å². The third-order valence-corrected chi connectivity index (χ3v) is 3.24. The van der Waals surface area contributed by atoms with Gasteiger partial charge in [-0.05, 0) is 13.0 Å². The predicted molar refractivity (Wildman–Crippen MR) is 55.1 cm³/mol. The maximum Gasteiger partial charge on any atom is 0.264 e. The van der Waals surface area contributed by atoms with E-state index in [9.17, 15) is 13.2 Å². The van der Waals surface area contributed by atoms with Gasteiger partial charge in [-0.2, -0.15) is 8.42 Å². The standard InChI is InChI=1S/C8H16N2O4S/c11-8-10-5-3-9(4-6-10)2-1-7-15(12,13)14/h8H,1-7H2,(H,12,13,14). The molecule has 0 aromatic carbocycles. The number of nitrogens with zero attached hydrogens (tertiary/aromatic N) is 2. The quantitative estimate of drug-likeness (QED) is 0.491. The minimum Gasteiger partial charge on any atom is -0.343 e. The average molecular weight is 236 g/mol. The van der Waals surface area contributed by atoms with E-state index < -0.39 is 10.1 Å². The highest BCUT2D eigenvalue weighted by Gasteiger charge is 2.15. The smallest absolute Gasteiger partial charge is 0.264 e. The fourth-order valence-electron chi connectivity index (χ4n) is 1.56. The lowest BCUT2D eigenvalue weighted by atomic mass is 10.3. The van der Waals surface area contributed by atoms with Gasteiger partial charge in [0.05, 0.1) is 5.75 Å². The normalized spacial score (nSPS) is 19.1. The topological polar surface area (TPSA) is 77.9 Å². The van der Waals surface area contributed by atoms with Gasteiger partial charge in [0.25, 0.3) is 10.1 Å². The van der Waals surface area contributed by atoms with Crippen molar-refractivity contribution in [3.05, 3.63) is 0 Å². The summed E-state index contributed by atoms with van der Waals surface area (Å²) in [5.41, 5.74) is 0. The molecule has 0 aromatic heterocycles. The maximum absolute atomic E-state index is 10.5. The molecular weight excluding hydrogens is 220 g/mol. The van der Waals surface area contributed by atoms with Crippen LogP contribution in [0.2, 0.25) is 0 Å². The molecule has 0 radical (unpaired) electrons. The van der Waals surface area contributed by atoms with Gasteiger partial charge in [-0.1, -0.05) is 0 Å². The lowest BCUT2D eigenvalue weighted by molar-refractivity contribution is -0.119. The highest BCUT2D eigenvalue weighted by atomic mass is 32.2. The molecule has 1 aliphatic heterocycles. The summed E-state index contributed by atoms with van der Waals surface area (Å²) in [5, 5.41) is 0. The van der Waals surface area contributed by atoms with Crippen LogP contribution in [-0.4, -0.2) is 67.7 Å². The maximum atomic E-state index is 10.5. The number of hydrogen-bond acceptors (Lipinski definition) is 4. The van der Waals surface area contributed by atoms with Crippen LogP contribution in [0.15, 0.2) is 0 Å². The minimum absolute atomic E-state index is 0.194. The Morgan fingerprint density at radius 2 is 1.80 bits per heavy atom. The van der Waals surface area contributed by atoms with Gasteiger partial charge in [-0.15, -0.1) is 0 Å². The van der Waals surface area contributed by atoms with Crippen molar-refractivity contribution in [2.75, 3.05) is 38.5 Å². The van der Waals surface area contributed by atoms with Crippen LogP contribution < -0.4 is 0 Å². The first-order valence-corrected chi connectivity index (χ1v) is 6.49. The van der Waals surface area contributed by atoms with Gasteiger partial charge >= 0.3 is 0 Å². The molecule has 0 aliphatic carbocycles. The van der Waals surface area contributed by atoms with E-state index in [1.807, 2.05) is 0 Å². The molecule has 0 saturated carbocycles. The molecule has 6 nitrogen and oxygen atoms in total. The van der Waals surface area contributed by atoms with Crippen molar-refractivity contribution < 1.29 is 17.8 Å². The van der Waals surface area contributed by atoms with Crippen LogP contribution in [0.25, 0.3) is 0 Å². The highest BCUT2D eigenvalue weighted by molar-refractivity contribution is 7.85. The fraction of sp³-hybridized carbons (Fsp3) is 0.875. The summed E-state index contributed by atoms with van der Waals surface area (Å²) < 4.78 is 29.4. The second-order valence-electron chi connectivity index (χ2n) is 3.62. The third-order valence-electron chi connectivity index (χ3n) is 2.43. The van der Waals surface area contributed by atoms with Crippen LogP contribution in [0.3, 0.4) is 0 Å². The summed E-state index contributed by atoms with van der Waals surface area (Å²) in [6, 6.07) is 0. The molecule has 1 fully saturated rings. The van der Waals surface area contributed by atoms with Crippen molar-refractivity contribution >= 4 is 16.5 Å². The molecule has 15 heavy (non-hydrogen) atoms. The van der Waals surface area contributed by atoms with Crippen molar-refractivity contribution in [3.8, 4) is 0 Å². The number of hydrogen-bond donors (Lipinski definition) is 1. The highest BCUT2D eigenvalue weighted by Crippen LogP contribution is 2.01. The van der Waals surface area contributed by atoms with Crippen molar-refractivity contribution in [2.45, 2.75) is 6.42 Å². The summed E-state index contributed by atoms with van der Waals surface area (Å²) in [5.74, 6) is -0.194. The largest absolute Gasteiger partial charge is 0.343 e. The van der Waals surface area contributed by atoms with Crippen LogP contribution in [0.1, 0.15) is 6.42 Å². The molecule has 1 amide bonds. The number of piperazine rings is 1. The fourth-order valence-corrected chi connectivity index (χ4v) is 2.06. The number of amides is 1. The van der Waals surface area contributed by atoms with Crippen LogP contribution in [0.4, 0.5) is 0 Å². The minimum atomic E-state index is -3.83. The van der Waals surface area contributed by atoms with E-state index in [2.05, 4.69) is 4.90 Å².